The minimum atomic E-state index is -0.549. The lowest BCUT2D eigenvalue weighted by molar-refractivity contribution is -0.122. The van der Waals surface area contributed by atoms with Crippen molar-refractivity contribution in [3.63, 3.8) is 0 Å². The molecular formula is C13H11N7O2. The lowest BCUT2D eigenvalue weighted by Crippen LogP contribution is -2.34. The zero-order valence-corrected chi connectivity index (χ0v) is 11.5. The Kier molecular flexibility index (Phi) is 3.41. The molecule has 1 aromatic heterocycles. The molecule has 0 fully saturated rings. The van der Waals surface area contributed by atoms with E-state index in [9.17, 15) is 4.79 Å². The van der Waals surface area contributed by atoms with Crippen LogP contribution in [-0.4, -0.2) is 32.6 Å². The van der Waals surface area contributed by atoms with Gasteiger partial charge in [-0.1, -0.05) is 6.07 Å². The van der Waals surface area contributed by atoms with Crippen molar-refractivity contribution in [3.05, 3.63) is 30.2 Å². The van der Waals surface area contributed by atoms with Gasteiger partial charge in [0.25, 0.3) is 5.91 Å². The molecule has 9 nitrogen and oxygen atoms in total. The van der Waals surface area contributed by atoms with Crippen LogP contribution in [0.1, 0.15) is 12.7 Å². The van der Waals surface area contributed by atoms with Gasteiger partial charge in [0.2, 0.25) is 5.82 Å². The minimum Gasteiger partial charge on any atom is -0.479 e. The number of aromatic amines is 1. The number of nitriles is 1. The number of nitrogens with one attached hydrogen (secondary N) is 3. The summed E-state index contributed by atoms with van der Waals surface area (Å²) in [6.45, 7) is 1.67. The first kappa shape index (κ1) is 13.6. The third kappa shape index (κ3) is 2.45. The molecule has 9 heteroatoms. The Hall–Kier alpha value is -3.41. The number of rotatable bonds is 3. The summed E-state index contributed by atoms with van der Waals surface area (Å²) in [6.07, 6.45) is 0.886. The van der Waals surface area contributed by atoms with Crippen LogP contribution in [0.5, 0.6) is 5.75 Å². The summed E-state index contributed by atoms with van der Waals surface area (Å²) in [5, 5.41) is 28.0. The van der Waals surface area contributed by atoms with Gasteiger partial charge in [-0.3, -0.25) is 4.79 Å². The fraction of sp³-hybridized carbons (Fsp3) is 0.154. The second kappa shape index (κ2) is 5.53. The van der Waals surface area contributed by atoms with Crippen LogP contribution in [0, 0.1) is 11.3 Å². The fourth-order valence-corrected chi connectivity index (χ4v) is 1.92. The number of tetrazole rings is 1. The molecule has 0 bridgehead atoms. The molecule has 1 aliphatic heterocycles. The summed E-state index contributed by atoms with van der Waals surface area (Å²) in [5.41, 5.74) is 1.31. The maximum atomic E-state index is 11.7. The number of carbonyl (C=O) groups is 1. The van der Waals surface area contributed by atoms with Crippen LogP contribution in [-0.2, 0) is 4.79 Å². The van der Waals surface area contributed by atoms with Gasteiger partial charge in [-0.05, 0) is 24.3 Å². The number of amides is 1. The van der Waals surface area contributed by atoms with Crippen molar-refractivity contribution in [1.29, 1.82) is 5.26 Å². The number of H-pyrrole nitrogens is 1. The van der Waals surface area contributed by atoms with E-state index in [4.69, 9.17) is 10.00 Å². The number of fused-ring (bicyclic) bond motifs is 1. The number of anilines is 2. The Balaban J connectivity index is 1.90. The summed E-state index contributed by atoms with van der Waals surface area (Å²) in [7, 11) is 0. The molecule has 0 saturated carbocycles. The molecule has 0 saturated heterocycles. The lowest BCUT2D eigenvalue weighted by Gasteiger charge is -2.25. The number of aromatic nitrogens is 4. The Morgan fingerprint density at radius 3 is 3.14 bits per heavy atom. The highest BCUT2D eigenvalue weighted by atomic mass is 16.5. The van der Waals surface area contributed by atoms with Crippen molar-refractivity contribution in [2.75, 3.05) is 10.6 Å². The Bertz CT molecular complexity index is 776. The number of carbonyl (C=O) groups excluding carboxylic acids is 1. The van der Waals surface area contributed by atoms with E-state index < -0.39 is 6.10 Å². The fourth-order valence-electron chi connectivity index (χ4n) is 1.92. The number of hydrogen-bond acceptors (Lipinski definition) is 7. The summed E-state index contributed by atoms with van der Waals surface area (Å²) in [4.78, 5) is 11.7. The maximum absolute atomic E-state index is 11.7. The highest BCUT2D eigenvalue weighted by Gasteiger charge is 2.25. The van der Waals surface area contributed by atoms with E-state index in [1.54, 1.807) is 25.1 Å². The Morgan fingerprint density at radius 1 is 1.55 bits per heavy atom. The molecule has 1 amide bonds. The SMILES string of the molecule is CC1Oc2cccc(NC=C(C#N)c3nn[nH]n3)c2NC1=O. The van der Waals surface area contributed by atoms with Crippen LogP contribution in [0.25, 0.3) is 5.57 Å². The molecule has 3 rings (SSSR count). The maximum Gasteiger partial charge on any atom is 0.265 e. The van der Waals surface area contributed by atoms with E-state index >= 15 is 0 Å². The quantitative estimate of drug-likeness (QED) is 0.717. The van der Waals surface area contributed by atoms with Crippen molar-refractivity contribution in [1.82, 2.24) is 20.6 Å². The van der Waals surface area contributed by atoms with E-state index in [-0.39, 0.29) is 17.3 Å². The average Bonchev–Trinajstić information content (AvgIpc) is 3.04. The van der Waals surface area contributed by atoms with Gasteiger partial charge in [0, 0.05) is 6.20 Å². The van der Waals surface area contributed by atoms with Crippen molar-refractivity contribution < 1.29 is 9.53 Å². The molecule has 1 unspecified atom stereocenters. The van der Waals surface area contributed by atoms with Crippen LogP contribution >= 0.6 is 0 Å². The Labute approximate surface area is 125 Å². The Morgan fingerprint density at radius 2 is 2.41 bits per heavy atom. The second-order valence-corrected chi connectivity index (χ2v) is 4.48. The molecule has 0 aliphatic carbocycles. The third-order valence-electron chi connectivity index (χ3n) is 3.03. The highest BCUT2D eigenvalue weighted by Crippen LogP contribution is 2.36. The first-order valence-electron chi connectivity index (χ1n) is 6.40. The van der Waals surface area contributed by atoms with Crippen molar-refractivity contribution in [2.45, 2.75) is 13.0 Å². The summed E-state index contributed by atoms with van der Waals surface area (Å²) in [5.74, 6) is 0.502. The zero-order chi connectivity index (χ0) is 15.5. The van der Waals surface area contributed by atoms with Crippen LogP contribution in [0.2, 0.25) is 0 Å². The van der Waals surface area contributed by atoms with E-state index in [0.29, 0.717) is 17.1 Å². The van der Waals surface area contributed by atoms with Gasteiger partial charge >= 0.3 is 0 Å². The smallest absolute Gasteiger partial charge is 0.265 e. The number of nitrogens with zero attached hydrogens (tertiary/aromatic N) is 4. The summed E-state index contributed by atoms with van der Waals surface area (Å²) < 4.78 is 5.51. The molecule has 0 spiro atoms. The average molecular weight is 297 g/mol. The van der Waals surface area contributed by atoms with Crippen LogP contribution in [0.4, 0.5) is 11.4 Å². The van der Waals surface area contributed by atoms with Gasteiger partial charge in [0.1, 0.15) is 23.1 Å². The molecule has 0 radical (unpaired) electrons. The molecular weight excluding hydrogens is 286 g/mol. The predicted molar refractivity (Wildman–Crippen MR) is 76.6 cm³/mol. The summed E-state index contributed by atoms with van der Waals surface area (Å²) in [6, 6.07) is 7.25. The normalized spacial score (nSPS) is 17.0. The van der Waals surface area contributed by atoms with Gasteiger partial charge in [-0.25, -0.2) is 0 Å². The molecule has 2 aromatic rings. The first-order valence-corrected chi connectivity index (χ1v) is 6.40. The number of ether oxygens (including phenoxy) is 1. The molecule has 2 heterocycles. The van der Waals surface area contributed by atoms with E-state index in [1.165, 1.54) is 6.20 Å². The predicted octanol–water partition coefficient (Wildman–Crippen LogP) is 0.896. The monoisotopic (exact) mass is 297 g/mol. The number of benzene rings is 1. The lowest BCUT2D eigenvalue weighted by atomic mass is 10.2. The number of hydrogen-bond donors (Lipinski definition) is 3. The molecule has 110 valence electrons. The zero-order valence-electron chi connectivity index (χ0n) is 11.5. The molecule has 1 aromatic carbocycles. The first-order chi connectivity index (χ1) is 10.7. The van der Waals surface area contributed by atoms with Crippen LogP contribution in [0.15, 0.2) is 24.4 Å². The molecule has 22 heavy (non-hydrogen) atoms. The molecule has 3 N–H and O–H groups in total. The largest absolute Gasteiger partial charge is 0.479 e. The van der Waals surface area contributed by atoms with Gasteiger partial charge in [-0.2, -0.15) is 10.5 Å². The van der Waals surface area contributed by atoms with Crippen molar-refractivity contribution in [2.24, 2.45) is 0 Å². The van der Waals surface area contributed by atoms with Gasteiger partial charge in [-0.15, -0.1) is 10.2 Å². The third-order valence-corrected chi connectivity index (χ3v) is 3.03. The van der Waals surface area contributed by atoms with Crippen LogP contribution in [0.3, 0.4) is 0 Å². The van der Waals surface area contributed by atoms with E-state index in [0.717, 1.165) is 0 Å². The topological polar surface area (TPSA) is 129 Å². The molecule has 1 atom stereocenters. The van der Waals surface area contributed by atoms with E-state index in [1.807, 2.05) is 6.07 Å². The highest BCUT2D eigenvalue weighted by molar-refractivity contribution is 6.01. The van der Waals surface area contributed by atoms with Crippen molar-refractivity contribution >= 4 is 22.9 Å². The standard InChI is InChI=1S/C13H11N7O2/c1-7-13(21)16-11-9(3-2-4-10(11)22-7)15-6-8(5-14)12-17-19-20-18-12/h2-4,6-7,15H,1H3,(H,16,21)(H,17,18,19,20). The molecule has 1 aliphatic rings. The second-order valence-electron chi connectivity index (χ2n) is 4.48. The van der Waals surface area contributed by atoms with Gasteiger partial charge in [0.05, 0.1) is 5.69 Å². The minimum absolute atomic E-state index is 0.175. The number of allylic oxidation sites excluding steroid dienone is 1. The van der Waals surface area contributed by atoms with Crippen LogP contribution < -0.4 is 15.4 Å². The van der Waals surface area contributed by atoms with Gasteiger partial charge < -0.3 is 15.4 Å². The summed E-state index contributed by atoms with van der Waals surface area (Å²) >= 11 is 0. The van der Waals surface area contributed by atoms with Gasteiger partial charge in [0.15, 0.2) is 6.10 Å². The van der Waals surface area contributed by atoms with E-state index in [2.05, 4.69) is 31.3 Å². The van der Waals surface area contributed by atoms with Crippen molar-refractivity contribution in [3.8, 4) is 11.8 Å². The number of para-hydroxylation sites is 1.